The Morgan fingerprint density at radius 3 is 2.56 bits per heavy atom. The molecule has 0 amide bonds. The van der Waals surface area contributed by atoms with Gasteiger partial charge in [0.2, 0.25) is 0 Å². The van der Waals surface area contributed by atoms with Crippen LogP contribution >= 0.6 is 0 Å². The standard InChI is InChI=1S/C21H36O4/c1-4-5-6-7-8-9-17(22)19-16-12-21(11-15(16)10-18(19)23)24-13-20(2,3)14-25-21/h8-9,15-19,22-23H,4-7,10-14H2,1-3H3/b9-8+/t15-,16+,17-,18-,19+/m1/s1. The highest BCUT2D eigenvalue weighted by Crippen LogP contribution is 2.55. The topological polar surface area (TPSA) is 58.9 Å². The smallest absolute Gasteiger partial charge is 0.168 e. The van der Waals surface area contributed by atoms with Gasteiger partial charge in [-0.25, -0.2) is 0 Å². The molecule has 1 aliphatic heterocycles. The van der Waals surface area contributed by atoms with Crippen LogP contribution in [0.2, 0.25) is 0 Å². The van der Waals surface area contributed by atoms with E-state index in [0.29, 0.717) is 5.92 Å². The lowest BCUT2D eigenvalue weighted by molar-refractivity contribution is -0.298. The summed E-state index contributed by atoms with van der Waals surface area (Å²) in [6, 6.07) is 0. The van der Waals surface area contributed by atoms with Gasteiger partial charge in [-0.2, -0.15) is 0 Å². The maximum Gasteiger partial charge on any atom is 0.168 e. The van der Waals surface area contributed by atoms with Crippen molar-refractivity contribution in [1.82, 2.24) is 0 Å². The summed E-state index contributed by atoms with van der Waals surface area (Å²) in [6.07, 6.45) is 10.0. The Bertz CT molecular complexity index is 463. The van der Waals surface area contributed by atoms with Gasteiger partial charge in [0.15, 0.2) is 5.79 Å². The molecular weight excluding hydrogens is 316 g/mol. The summed E-state index contributed by atoms with van der Waals surface area (Å²) in [5.41, 5.74) is 0.0720. The Balaban J connectivity index is 1.59. The van der Waals surface area contributed by atoms with Crippen molar-refractivity contribution in [2.24, 2.45) is 23.2 Å². The zero-order chi connectivity index (χ0) is 18.1. The van der Waals surface area contributed by atoms with Crippen LogP contribution in [0.5, 0.6) is 0 Å². The van der Waals surface area contributed by atoms with E-state index < -0.39 is 18.0 Å². The van der Waals surface area contributed by atoms with Crippen LogP contribution in [-0.4, -0.2) is 41.4 Å². The molecule has 3 rings (SSSR count). The van der Waals surface area contributed by atoms with E-state index in [9.17, 15) is 10.2 Å². The fourth-order valence-electron chi connectivity index (χ4n) is 4.95. The molecule has 2 saturated carbocycles. The zero-order valence-corrected chi connectivity index (χ0v) is 16.1. The highest BCUT2D eigenvalue weighted by molar-refractivity contribution is 5.07. The van der Waals surface area contributed by atoms with E-state index in [0.717, 1.165) is 38.9 Å². The summed E-state index contributed by atoms with van der Waals surface area (Å²) in [7, 11) is 0. The van der Waals surface area contributed by atoms with Crippen LogP contribution in [0.1, 0.15) is 65.7 Å². The number of allylic oxidation sites excluding steroid dienone is 1. The molecule has 3 aliphatic rings. The molecule has 144 valence electrons. The molecule has 0 aromatic heterocycles. The van der Waals surface area contributed by atoms with E-state index in [-0.39, 0.29) is 17.3 Å². The van der Waals surface area contributed by atoms with Gasteiger partial charge in [-0.3, -0.25) is 0 Å². The van der Waals surface area contributed by atoms with Crippen LogP contribution in [0.4, 0.5) is 0 Å². The summed E-state index contributed by atoms with van der Waals surface area (Å²) in [6.45, 7) is 7.96. The average molecular weight is 353 g/mol. The first-order chi connectivity index (χ1) is 11.9. The largest absolute Gasteiger partial charge is 0.393 e. The molecule has 0 aromatic rings. The highest BCUT2D eigenvalue weighted by atomic mass is 16.7. The number of rotatable bonds is 6. The lowest BCUT2D eigenvalue weighted by Crippen LogP contribution is -2.47. The fraction of sp³-hybridized carbons (Fsp3) is 0.905. The van der Waals surface area contributed by atoms with Crippen molar-refractivity contribution in [1.29, 1.82) is 0 Å². The normalized spacial score (nSPS) is 37.6. The van der Waals surface area contributed by atoms with Gasteiger partial charge >= 0.3 is 0 Å². The molecule has 1 spiro atoms. The van der Waals surface area contributed by atoms with Gasteiger partial charge in [0.25, 0.3) is 0 Å². The van der Waals surface area contributed by atoms with Gasteiger partial charge in [-0.05, 0) is 31.1 Å². The first-order valence-corrected chi connectivity index (χ1v) is 10.2. The number of hydrogen-bond donors (Lipinski definition) is 2. The van der Waals surface area contributed by atoms with Crippen molar-refractivity contribution in [3.63, 3.8) is 0 Å². The predicted octanol–water partition coefficient (Wildman–Crippen LogP) is 3.66. The molecule has 0 radical (unpaired) electrons. The summed E-state index contributed by atoms with van der Waals surface area (Å²) in [5, 5.41) is 21.2. The molecule has 0 aromatic carbocycles. The van der Waals surface area contributed by atoms with Crippen molar-refractivity contribution >= 4 is 0 Å². The fourth-order valence-corrected chi connectivity index (χ4v) is 4.95. The van der Waals surface area contributed by atoms with Gasteiger partial charge in [0.05, 0.1) is 25.4 Å². The molecule has 4 nitrogen and oxygen atoms in total. The molecule has 4 heteroatoms. The zero-order valence-electron chi connectivity index (χ0n) is 16.1. The third-order valence-electron chi connectivity index (χ3n) is 6.36. The molecule has 5 atom stereocenters. The SMILES string of the molecule is CCCCC/C=C/[C@@H](O)[C@@H]1[C@H]2CC3(C[C@H]2C[C@H]1O)OCC(C)(C)CO3. The number of hydrogen-bond acceptors (Lipinski definition) is 4. The van der Waals surface area contributed by atoms with E-state index >= 15 is 0 Å². The summed E-state index contributed by atoms with van der Waals surface area (Å²) in [5.74, 6) is 0.109. The third-order valence-corrected chi connectivity index (χ3v) is 6.36. The molecule has 0 unspecified atom stereocenters. The Kier molecular flexibility index (Phi) is 5.94. The monoisotopic (exact) mass is 352 g/mol. The third kappa shape index (κ3) is 4.29. The number of unbranched alkanes of at least 4 members (excludes halogenated alkanes) is 3. The summed E-state index contributed by atoms with van der Waals surface area (Å²) in [4.78, 5) is 0. The maximum absolute atomic E-state index is 10.7. The lowest BCUT2D eigenvalue weighted by atomic mass is 9.86. The molecule has 0 bridgehead atoms. The van der Waals surface area contributed by atoms with E-state index in [2.05, 4.69) is 26.8 Å². The second-order valence-corrected chi connectivity index (χ2v) is 9.28. The van der Waals surface area contributed by atoms with Crippen LogP contribution in [-0.2, 0) is 9.47 Å². The Hall–Kier alpha value is -0.420. The minimum atomic E-state index is -0.568. The van der Waals surface area contributed by atoms with Crippen molar-refractivity contribution in [2.45, 2.75) is 83.7 Å². The quantitative estimate of drug-likeness (QED) is 0.566. The van der Waals surface area contributed by atoms with E-state index in [4.69, 9.17) is 9.47 Å². The lowest BCUT2D eigenvalue weighted by Gasteiger charge is -2.42. The first kappa shape index (κ1) is 19.3. The van der Waals surface area contributed by atoms with Gasteiger partial charge in [0, 0.05) is 24.2 Å². The minimum absolute atomic E-state index is 0.0720. The maximum atomic E-state index is 10.7. The van der Waals surface area contributed by atoms with Crippen LogP contribution in [0, 0.1) is 23.2 Å². The number of ether oxygens (including phenoxy) is 2. The van der Waals surface area contributed by atoms with Gasteiger partial charge < -0.3 is 19.7 Å². The molecule has 3 fully saturated rings. The van der Waals surface area contributed by atoms with Crippen LogP contribution in [0.3, 0.4) is 0 Å². The molecule has 25 heavy (non-hydrogen) atoms. The van der Waals surface area contributed by atoms with E-state index in [1.54, 1.807) is 0 Å². The van der Waals surface area contributed by atoms with Crippen LogP contribution in [0.15, 0.2) is 12.2 Å². The van der Waals surface area contributed by atoms with Gasteiger partial charge in [-0.1, -0.05) is 45.8 Å². The Morgan fingerprint density at radius 2 is 1.88 bits per heavy atom. The number of fused-ring (bicyclic) bond motifs is 1. The average Bonchev–Trinajstić information content (AvgIpc) is 3.03. The van der Waals surface area contributed by atoms with Crippen molar-refractivity contribution in [3.8, 4) is 0 Å². The molecule has 2 N–H and O–H groups in total. The molecule has 1 saturated heterocycles. The first-order valence-electron chi connectivity index (χ1n) is 10.2. The van der Waals surface area contributed by atoms with Crippen LogP contribution in [0.25, 0.3) is 0 Å². The summed E-state index contributed by atoms with van der Waals surface area (Å²) >= 11 is 0. The second-order valence-electron chi connectivity index (χ2n) is 9.28. The second kappa shape index (κ2) is 7.67. The van der Waals surface area contributed by atoms with E-state index in [1.807, 2.05) is 6.08 Å². The Labute approximate surface area is 152 Å². The molecule has 2 aliphatic carbocycles. The van der Waals surface area contributed by atoms with Gasteiger partial charge in [0.1, 0.15) is 0 Å². The van der Waals surface area contributed by atoms with Gasteiger partial charge in [-0.15, -0.1) is 0 Å². The van der Waals surface area contributed by atoms with Crippen molar-refractivity contribution in [3.05, 3.63) is 12.2 Å². The van der Waals surface area contributed by atoms with Crippen molar-refractivity contribution < 1.29 is 19.7 Å². The van der Waals surface area contributed by atoms with Crippen LogP contribution < -0.4 is 0 Å². The predicted molar refractivity (Wildman–Crippen MR) is 98.0 cm³/mol. The molecule has 1 heterocycles. The minimum Gasteiger partial charge on any atom is -0.393 e. The van der Waals surface area contributed by atoms with E-state index in [1.165, 1.54) is 19.3 Å². The molecular formula is C21H36O4. The summed E-state index contributed by atoms with van der Waals surface area (Å²) < 4.78 is 12.3. The number of aliphatic hydroxyl groups is 2. The Morgan fingerprint density at radius 1 is 1.16 bits per heavy atom. The van der Waals surface area contributed by atoms with Crippen molar-refractivity contribution in [2.75, 3.05) is 13.2 Å². The highest BCUT2D eigenvalue weighted by Gasteiger charge is 2.58. The number of aliphatic hydroxyl groups excluding tert-OH is 2.